The first-order valence-electron chi connectivity index (χ1n) is 6.85. The van der Waals surface area contributed by atoms with E-state index in [9.17, 15) is 18.3 Å². The number of hydrogen-bond donors (Lipinski definition) is 2. The minimum Gasteiger partial charge on any atom is -0.481 e. The Labute approximate surface area is 125 Å². The van der Waals surface area contributed by atoms with Gasteiger partial charge < -0.3 is 5.11 Å². The van der Waals surface area contributed by atoms with Gasteiger partial charge in [0.1, 0.15) is 0 Å². The molecule has 0 unspecified atom stereocenters. The highest BCUT2D eigenvalue weighted by Gasteiger charge is 2.29. The van der Waals surface area contributed by atoms with E-state index in [-0.39, 0.29) is 0 Å². The monoisotopic (exact) mass is 312 g/mol. The van der Waals surface area contributed by atoms with E-state index in [0.29, 0.717) is 24.3 Å². The lowest BCUT2D eigenvalue weighted by Crippen LogP contribution is -2.33. The van der Waals surface area contributed by atoms with Crippen LogP contribution in [0.2, 0.25) is 0 Å². The maximum absolute atomic E-state index is 12.1. The predicted octanol–water partition coefficient (Wildman–Crippen LogP) is 1.80. The van der Waals surface area contributed by atoms with Crippen molar-refractivity contribution in [3.05, 3.63) is 29.8 Å². The van der Waals surface area contributed by atoms with Crippen LogP contribution in [0.3, 0.4) is 0 Å². The highest BCUT2D eigenvalue weighted by atomic mass is 32.2. The number of anilines is 1. The summed E-state index contributed by atoms with van der Waals surface area (Å²) in [6.45, 7) is 4.30. The minimum atomic E-state index is -3.51. The van der Waals surface area contributed by atoms with Crippen molar-refractivity contribution in [3.8, 4) is 0 Å². The fourth-order valence-electron chi connectivity index (χ4n) is 2.22. The van der Waals surface area contributed by atoms with Crippen LogP contribution in [0.25, 0.3) is 0 Å². The summed E-state index contributed by atoms with van der Waals surface area (Å²) in [7, 11) is -3.51. The Morgan fingerprint density at radius 1 is 1.19 bits per heavy atom. The van der Waals surface area contributed by atoms with E-state index in [1.54, 1.807) is 38.1 Å². The van der Waals surface area contributed by atoms with Gasteiger partial charge in [-0.1, -0.05) is 12.1 Å². The van der Waals surface area contributed by atoms with E-state index in [1.807, 2.05) is 0 Å². The zero-order valence-corrected chi connectivity index (χ0v) is 13.0. The van der Waals surface area contributed by atoms with Crippen LogP contribution >= 0.6 is 0 Å². The van der Waals surface area contributed by atoms with E-state index in [0.717, 1.165) is 12.8 Å². The third kappa shape index (κ3) is 3.36. The number of carbonyl (C=O) groups is 1. The Morgan fingerprint density at radius 2 is 1.71 bits per heavy atom. The van der Waals surface area contributed by atoms with E-state index in [2.05, 4.69) is 4.72 Å². The second-order valence-corrected chi connectivity index (χ2v) is 7.39. The molecule has 0 aromatic heterocycles. The van der Waals surface area contributed by atoms with E-state index < -0.39 is 21.6 Å². The number of hydrogen-bond acceptors (Lipinski definition) is 3. The second-order valence-electron chi connectivity index (χ2n) is 5.72. The van der Waals surface area contributed by atoms with Crippen molar-refractivity contribution in [2.75, 3.05) is 17.8 Å². The van der Waals surface area contributed by atoms with Crippen molar-refractivity contribution in [2.45, 2.75) is 32.1 Å². The Morgan fingerprint density at radius 3 is 2.19 bits per heavy atom. The van der Waals surface area contributed by atoms with E-state index in [1.165, 1.54) is 4.31 Å². The highest BCUT2D eigenvalue weighted by Crippen LogP contribution is 2.25. The maximum atomic E-state index is 12.1. The van der Waals surface area contributed by atoms with Crippen molar-refractivity contribution >= 4 is 21.9 Å². The van der Waals surface area contributed by atoms with Gasteiger partial charge in [0.2, 0.25) is 0 Å². The summed E-state index contributed by atoms with van der Waals surface area (Å²) in [5, 5.41) is 9.18. The lowest BCUT2D eigenvalue weighted by molar-refractivity contribution is -0.142. The molecule has 1 saturated heterocycles. The van der Waals surface area contributed by atoms with Gasteiger partial charge in [0.15, 0.2) is 0 Å². The van der Waals surface area contributed by atoms with Crippen LogP contribution in [0.1, 0.15) is 32.3 Å². The van der Waals surface area contributed by atoms with Crippen LogP contribution in [-0.2, 0) is 20.4 Å². The van der Waals surface area contributed by atoms with Crippen LogP contribution in [0.15, 0.2) is 24.3 Å². The molecule has 0 bridgehead atoms. The zero-order chi connectivity index (χ0) is 15.7. The van der Waals surface area contributed by atoms with E-state index >= 15 is 0 Å². The molecule has 1 aliphatic rings. The van der Waals surface area contributed by atoms with Gasteiger partial charge in [-0.3, -0.25) is 9.52 Å². The normalized spacial score (nSPS) is 16.9. The molecule has 1 aromatic carbocycles. The number of rotatable bonds is 5. The molecule has 21 heavy (non-hydrogen) atoms. The van der Waals surface area contributed by atoms with Gasteiger partial charge in [0, 0.05) is 18.8 Å². The SMILES string of the molecule is CC(C)(C(=O)O)c1ccc(NS(=O)(=O)N2CCCC2)cc1. The average Bonchev–Trinajstić information content (AvgIpc) is 2.93. The van der Waals surface area contributed by atoms with Crippen LogP contribution in [0, 0.1) is 0 Å². The molecular weight excluding hydrogens is 292 g/mol. The number of benzene rings is 1. The molecule has 1 aromatic rings. The first kappa shape index (κ1) is 15.8. The summed E-state index contributed by atoms with van der Waals surface area (Å²) >= 11 is 0. The topological polar surface area (TPSA) is 86.7 Å². The van der Waals surface area contributed by atoms with Crippen molar-refractivity contribution in [1.82, 2.24) is 4.31 Å². The third-order valence-corrected chi connectivity index (χ3v) is 5.33. The summed E-state index contributed by atoms with van der Waals surface area (Å²) in [6, 6.07) is 6.45. The molecule has 1 fully saturated rings. The molecule has 0 atom stereocenters. The molecule has 7 heteroatoms. The van der Waals surface area contributed by atoms with Crippen LogP contribution in [-0.4, -0.2) is 36.9 Å². The molecular formula is C14H20N2O4S. The first-order chi connectivity index (χ1) is 9.73. The maximum Gasteiger partial charge on any atom is 0.313 e. The van der Waals surface area contributed by atoms with Gasteiger partial charge in [-0.05, 0) is 44.4 Å². The Balaban J connectivity index is 2.14. The molecule has 2 N–H and O–H groups in total. The summed E-state index contributed by atoms with van der Waals surface area (Å²) in [5.41, 5.74) is 0.0535. The Hall–Kier alpha value is -1.60. The van der Waals surface area contributed by atoms with Crippen molar-refractivity contribution in [1.29, 1.82) is 0 Å². The number of aliphatic carboxylic acids is 1. The number of carboxylic acid groups (broad SMARTS) is 1. The zero-order valence-electron chi connectivity index (χ0n) is 12.2. The van der Waals surface area contributed by atoms with Gasteiger partial charge >= 0.3 is 16.2 Å². The van der Waals surface area contributed by atoms with E-state index in [4.69, 9.17) is 0 Å². The number of nitrogens with zero attached hydrogens (tertiary/aromatic N) is 1. The Bertz CT molecular complexity index is 617. The summed E-state index contributed by atoms with van der Waals surface area (Å²) < 4.78 is 28.2. The summed E-state index contributed by atoms with van der Waals surface area (Å²) in [4.78, 5) is 11.2. The highest BCUT2D eigenvalue weighted by molar-refractivity contribution is 7.90. The molecule has 0 radical (unpaired) electrons. The molecule has 1 heterocycles. The van der Waals surface area contributed by atoms with Crippen LogP contribution in [0.5, 0.6) is 0 Å². The molecule has 1 aliphatic heterocycles. The fraction of sp³-hybridized carbons (Fsp3) is 0.500. The number of nitrogens with one attached hydrogen (secondary N) is 1. The van der Waals surface area contributed by atoms with Gasteiger partial charge in [-0.15, -0.1) is 0 Å². The lowest BCUT2D eigenvalue weighted by atomic mass is 9.85. The minimum absolute atomic E-state index is 0.437. The van der Waals surface area contributed by atoms with Gasteiger partial charge in [-0.25, -0.2) is 0 Å². The molecule has 0 saturated carbocycles. The summed E-state index contributed by atoms with van der Waals surface area (Å²) in [6.07, 6.45) is 1.76. The second kappa shape index (κ2) is 5.65. The largest absolute Gasteiger partial charge is 0.481 e. The van der Waals surface area contributed by atoms with Gasteiger partial charge in [0.05, 0.1) is 5.41 Å². The fourth-order valence-corrected chi connectivity index (χ4v) is 3.52. The molecule has 6 nitrogen and oxygen atoms in total. The smallest absolute Gasteiger partial charge is 0.313 e. The molecule has 116 valence electrons. The predicted molar refractivity (Wildman–Crippen MR) is 80.5 cm³/mol. The van der Waals surface area contributed by atoms with Gasteiger partial charge in [-0.2, -0.15) is 12.7 Å². The lowest BCUT2D eigenvalue weighted by Gasteiger charge is -2.21. The van der Waals surface area contributed by atoms with Crippen LogP contribution < -0.4 is 4.72 Å². The summed E-state index contributed by atoms with van der Waals surface area (Å²) in [5.74, 6) is -0.923. The third-order valence-electron chi connectivity index (χ3n) is 3.79. The standard InChI is InChI=1S/C14H20N2O4S/c1-14(2,13(17)18)11-5-7-12(8-6-11)15-21(19,20)16-9-3-4-10-16/h5-8,15H,3-4,9-10H2,1-2H3,(H,17,18). The first-order valence-corrected chi connectivity index (χ1v) is 8.29. The quantitative estimate of drug-likeness (QED) is 0.868. The van der Waals surface area contributed by atoms with Crippen LogP contribution in [0.4, 0.5) is 5.69 Å². The number of carboxylic acids is 1. The molecule has 0 aliphatic carbocycles. The molecule has 2 rings (SSSR count). The Kier molecular flexibility index (Phi) is 4.25. The van der Waals surface area contributed by atoms with Gasteiger partial charge in [0.25, 0.3) is 0 Å². The van der Waals surface area contributed by atoms with Crippen molar-refractivity contribution in [3.63, 3.8) is 0 Å². The van der Waals surface area contributed by atoms with Crippen molar-refractivity contribution < 1.29 is 18.3 Å². The van der Waals surface area contributed by atoms with Crippen molar-refractivity contribution in [2.24, 2.45) is 0 Å². The average molecular weight is 312 g/mol. The molecule has 0 amide bonds. The molecule has 0 spiro atoms.